The number of aromatic hydroxyl groups is 1. The molecule has 0 heterocycles. The minimum Gasteiger partial charge on any atom is -0.507 e. The molecule has 1 N–H and O–H groups in total. The van der Waals surface area contributed by atoms with Crippen LogP contribution >= 0.6 is 11.6 Å². The van der Waals surface area contributed by atoms with Gasteiger partial charge < -0.3 is 5.11 Å². The Hall–Kier alpha value is -1.21. The van der Waals surface area contributed by atoms with Crippen LogP contribution in [0.25, 0.3) is 10.8 Å². The van der Waals surface area contributed by atoms with Gasteiger partial charge in [0.1, 0.15) is 5.75 Å². The van der Waals surface area contributed by atoms with Gasteiger partial charge in [-0.1, -0.05) is 23.7 Å². The Morgan fingerprint density at radius 2 is 1.92 bits per heavy atom. The average Bonchev–Trinajstić information content (AvgIpc) is 2.07. The summed E-state index contributed by atoms with van der Waals surface area (Å²) in [5.74, 6) is 0.289. The highest BCUT2D eigenvalue weighted by molar-refractivity contribution is 6.35. The molecule has 1 nitrogen and oxygen atoms in total. The number of phenols is 1. The molecule has 2 aromatic carbocycles. The minimum atomic E-state index is 0.289. The predicted octanol–water partition coefficient (Wildman–Crippen LogP) is 3.51. The summed E-state index contributed by atoms with van der Waals surface area (Å²) in [6.45, 7) is 1.93. The van der Waals surface area contributed by atoms with Gasteiger partial charge in [-0.05, 0) is 30.7 Å². The summed E-state index contributed by atoms with van der Waals surface area (Å²) in [5, 5.41) is 12.0. The highest BCUT2D eigenvalue weighted by atomic mass is 35.5. The SMILES string of the molecule is Cc1cc(O)c2cccc(Cl)c2c1. The van der Waals surface area contributed by atoms with Gasteiger partial charge in [0.25, 0.3) is 0 Å². The Balaban J connectivity index is 2.94. The third kappa shape index (κ3) is 1.36. The summed E-state index contributed by atoms with van der Waals surface area (Å²) in [5.41, 5.74) is 1.01. The molecule has 0 unspecified atom stereocenters. The molecule has 0 radical (unpaired) electrons. The summed E-state index contributed by atoms with van der Waals surface area (Å²) in [4.78, 5) is 0. The molecule has 0 aliphatic rings. The number of rotatable bonds is 0. The monoisotopic (exact) mass is 192 g/mol. The molecular formula is C11H9ClO. The molecule has 0 bridgehead atoms. The molecule has 66 valence electrons. The van der Waals surface area contributed by atoms with E-state index in [0.29, 0.717) is 5.02 Å². The quantitative estimate of drug-likeness (QED) is 0.677. The first-order valence-corrected chi connectivity index (χ1v) is 4.44. The van der Waals surface area contributed by atoms with Crippen molar-refractivity contribution in [3.63, 3.8) is 0 Å². The lowest BCUT2D eigenvalue weighted by molar-refractivity contribution is 0.481. The maximum absolute atomic E-state index is 9.62. The van der Waals surface area contributed by atoms with Crippen molar-refractivity contribution in [1.82, 2.24) is 0 Å². The van der Waals surface area contributed by atoms with Gasteiger partial charge in [0, 0.05) is 15.8 Å². The molecule has 0 atom stereocenters. The summed E-state index contributed by atoms with van der Waals surface area (Å²) in [7, 11) is 0. The molecule has 2 heteroatoms. The van der Waals surface area contributed by atoms with E-state index >= 15 is 0 Å². The number of fused-ring (bicyclic) bond motifs is 1. The van der Waals surface area contributed by atoms with Crippen molar-refractivity contribution < 1.29 is 5.11 Å². The van der Waals surface area contributed by atoms with Gasteiger partial charge >= 0.3 is 0 Å². The Bertz CT molecular complexity index is 463. The van der Waals surface area contributed by atoms with Crippen LogP contribution in [0.3, 0.4) is 0 Å². The van der Waals surface area contributed by atoms with Gasteiger partial charge in [0.2, 0.25) is 0 Å². The normalized spacial score (nSPS) is 10.6. The summed E-state index contributed by atoms with van der Waals surface area (Å²) < 4.78 is 0. The lowest BCUT2D eigenvalue weighted by Crippen LogP contribution is -1.78. The van der Waals surface area contributed by atoms with Crippen LogP contribution in [0.15, 0.2) is 30.3 Å². The molecule has 13 heavy (non-hydrogen) atoms. The number of aryl methyl sites for hydroxylation is 1. The lowest BCUT2D eigenvalue weighted by Gasteiger charge is -2.03. The van der Waals surface area contributed by atoms with E-state index < -0.39 is 0 Å². The van der Waals surface area contributed by atoms with Crippen LogP contribution in [-0.4, -0.2) is 5.11 Å². The van der Waals surface area contributed by atoms with E-state index in [1.807, 2.05) is 31.2 Å². The van der Waals surface area contributed by atoms with Crippen LogP contribution in [0.1, 0.15) is 5.56 Å². The first-order chi connectivity index (χ1) is 6.18. The van der Waals surface area contributed by atoms with Crippen molar-refractivity contribution in [2.24, 2.45) is 0 Å². The molecule has 0 spiro atoms. The van der Waals surface area contributed by atoms with Crippen LogP contribution in [0, 0.1) is 6.92 Å². The van der Waals surface area contributed by atoms with Crippen molar-refractivity contribution in [2.75, 3.05) is 0 Å². The van der Waals surface area contributed by atoms with E-state index in [2.05, 4.69) is 0 Å². The maximum Gasteiger partial charge on any atom is 0.123 e. The van der Waals surface area contributed by atoms with E-state index in [4.69, 9.17) is 11.6 Å². The molecule has 2 aromatic rings. The van der Waals surface area contributed by atoms with Gasteiger partial charge in [-0.3, -0.25) is 0 Å². The molecule has 0 aromatic heterocycles. The Labute approximate surface area is 81.6 Å². The van der Waals surface area contributed by atoms with E-state index in [0.717, 1.165) is 16.3 Å². The highest BCUT2D eigenvalue weighted by Gasteiger charge is 2.03. The van der Waals surface area contributed by atoms with Gasteiger partial charge in [0.05, 0.1) is 0 Å². The smallest absolute Gasteiger partial charge is 0.123 e. The third-order valence-electron chi connectivity index (χ3n) is 2.07. The minimum absolute atomic E-state index is 0.289. The number of benzene rings is 2. The van der Waals surface area contributed by atoms with Crippen molar-refractivity contribution in [1.29, 1.82) is 0 Å². The Morgan fingerprint density at radius 1 is 1.15 bits per heavy atom. The fourth-order valence-electron chi connectivity index (χ4n) is 1.47. The van der Waals surface area contributed by atoms with Crippen molar-refractivity contribution in [3.8, 4) is 5.75 Å². The molecule has 0 aliphatic heterocycles. The van der Waals surface area contributed by atoms with Gasteiger partial charge in [-0.15, -0.1) is 0 Å². The number of phenolic OH excluding ortho intramolecular Hbond substituents is 1. The highest BCUT2D eigenvalue weighted by Crippen LogP contribution is 2.30. The molecule has 0 saturated carbocycles. The summed E-state index contributed by atoms with van der Waals surface area (Å²) in [6, 6.07) is 9.22. The third-order valence-corrected chi connectivity index (χ3v) is 2.39. The van der Waals surface area contributed by atoms with Crippen LogP contribution in [-0.2, 0) is 0 Å². The summed E-state index contributed by atoms with van der Waals surface area (Å²) in [6.07, 6.45) is 0. The van der Waals surface area contributed by atoms with Crippen LogP contribution in [0.2, 0.25) is 5.02 Å². The molecule has 0 fully saturated rings. The number of hydrogen-bond donors (Lipinski definition) is 1. The molecule has 0 aliphatic carbocycles. The van der Waals surface area contributed by atoms with Crippen molar-refractivity contribution >= 4 is 22.4 Å². The molecule has 0 amide bonds. The topological polar surface area (TPSA) is 20.2 Å². The zero-order valence-electron chi connectivity index (χ0n) is 7.21. The number of hydrogen-bond acceptors (Lipinski definition) is 1. The van der Waals surface area contributed by atoms with Gasteiger partial charge in [-0.25, -0.2) is 0 Å². The van der Waals surface area contributed by atoms with Crippen LogP contribution in [0.5, 0.6) is 5.75 Å². The van der Waals surface area contributed by atoms with Crippen molar-refractivity contribution in [2.45, 2.75) is 6.92 Å². The second kappa shape index (κ2) is 2.93. The molecule has 2 rings (SSSR count). The second-order valence-corrected chi connectivity index (χ2v) is 3.53. The van der Waals surface area contributed by atoms with Crippen molar-refractivity contribution in [3.05, 3.63) is 40.9 Å². The van der Waals surface area contributed by atoms with E-state index in [1.165, 1.54) is 0 Å². The standard InChI is InChI=1S/C11H9ClO/c1-7-5-9-8(11(13)6-7)3-2-4-10(9)12/h2-6,13H,1H3. The van der Waals surface area contributed by atoms with E-state index in [9.17, 15) is 5.11 Å². The summed E-state index contributed by atoms with van der Waals surface area (Å²) >= 11 is 5.99. The second-order valence-electron chi connectivity index (χ2n) is 3.12. The number of halogens is 1. The first kappa shape index (κ1) is 8.39. The van der Waals surface area contributed by atoms with E-state index in [-0.39, 0.29) is 5.75 Å². The van der Waals surface area contributed by atoms with Crippen LogP contribution in [0.4, 0.5) is 0 Å². The van der Waals surface area contributed by atoms with Crippen LogP contribution < -0.4 is 0 Å². The fraction of sp³-hybridized carbons (Fsp3) is 0.0909. The first-order valence-electron chi connectivity index (χ1n) is 4.06. The zero-order chi connectivity index (χ0) is 9.42. The zero-order valence-corrected chi connectivity index (χ0v) is 7.97. The van der Waals surface area contributed by atoms with Gasteiger partial charge in [-0.2, -0.15) is 0 Å². The fourth-order valence-corrected chi connectivity index (χ4v) is 1.70. The lowest BCUT2D eigenvalue weighted by atomic mass is 10.1. The Morgan fingerprint density at radius 3 is 2.69 bits per heavy atom. The molecule has 0 saturated heterocycles. The predicted molar refractivity (Wildman–Crippen MR) is 55.4 cm³/mol. The Kier molecular flexibility index (Phi) is 1.89. The maximum atomic E-state index is 9.62. The largest absolute Gasteiger partial charge is 0.507 e. The van der Waals surface area contributed by atoms with E-state index in [1.54, 1.807) is 6.07 Å². The average molecular weight is 193 g/mol. The molecular weight excluding hydrogens is 184 g/mol. The van der Waals surface area contributed by atoms with Gasteiger partial charge in [0.15, 0.2) is 0 Å².